The zero-order valence-electron chi connectivity index (χ0n) is 26.6. The highest BCUT2D eigenvalue weighted by Crippen LogP contribution is 2.29. The number of sulfonamides is 1. The Balaban J connectivity index is 0.000000727. The van der Waals surface area contributed by atoms with Gasteiger partial charge in [0.05, 0.1) is 23.4 Å². The number of carbonyl (C=O) groups is 3. The quantitative estimate of drug-likeness (QED) is 0.125. The zero-order chi connectivity index (χ0) is 36.6. The summed E-state index contributed by atoms with van der Waals surface area (Å²) in [6.07, 6.45) is -4.26. The highest BCUT2D eigenvalue weighted by molar-refractivity contribution is 7.89. The van der Waals surface area contributed by atoms with E-state index in [2.05, 4.69) is 5.32 Å². The second-order valence-electron chi connectivity index (χ2n) is 11.1. The molecule has 2 heterocycles. The highest BCUT2D eigenvalue weighted by atomic mass is 32.2. The smallest absolute Gasteiger partial charge is 0.490 e. The van der Waals surface area contributed by atoms with Crippen LogP contribution in [0.2, 0.25) is 0 Å². The molecule has 1 fully saturated rings. The summed E-state index contributed by atoms with van der Waals surface area (Å²) >= 11 is 1.31. The Morgan fingerprint density at radius 1 is 1.08 bits per heavy atom. The lowest BCUT2D eigenvalue weighted by molar-refractivity contribution is -0.192. The van der Waals surface area contributed by atoms with Crippen LogP contribution in [0.5, 0.6) is 5.75 Å². The molecule has 1 aliphatic heterocycles. The van der Waals surface area contributed by atoms with Crippen LogP contribution < -0.4 is 15.8 Å². The number of carboxylic acids is 1. The number of carboxylic acid groups (broad SMARTS) is 1. The third kappa shape index (κ3) is 9.58. The van der Waals surface area contributed by atoms with E-state index in [-0.39, 0.29) is 29.6 Å². The maximum Gasteiger partial charge on any atom is 0.490 e. The van der Waals surface area contributed by atoms with Gasteiger partial charge >= 0.3 is 12.1 Å². The molecule has 3 aromatic carbocycles. The Hall–Kier alpha value is -5.00. The van der Waals surface area contributed by atoms with Gasteiger partial charge in [0.2, 0.25) is 21.8 Å². The minimum Gasteiger partial charge on any atom is -0.497 e. The Kier molecular flexibility index (Phi) is 12.2. The molecule has 5 N–H and O–H groups in total. The van der Waals surface area contributed by atoms with Crippen molar-refractivity contribution < 1.29 is 45.8 Å². The first-order chi connectivity index (χ1) is 23.6. The summed E-state index contributed by atoms with van der Waals surface area (Å²) in [4.78, 5) is 37.8. The Labute approximate surface area is 289 Å². The topological polar surface area (TPSA) is 183 Å². The fourth-order valence-corrected chi connectivity index (χ4v) is 7.52. The number of nitrogens with zero attached hydrogens (tertiary/aromatic N) is 2. The molecule has 4 aromatic rings. The molecule has 5 rings (SSSR count). The number of thiophene rings is 1. The number of ether oxygens (including phenoxy) is 1. The van der Waals surface area contributed by atoms with Gasteiger partial charge in [0.1, 0.15) is 17.6 Å². The zero-order valence-corrected chi connectivity index (χ0v) is 28.3. The normalized spacial score (nSPS) is 14.7. The van der Waals surface area contributed by atoms with Crippen molar-refractivity contribution in [3.63, 3.8) is 0 Å². The van der Waals surface area contributed by atoms with Crippen molar-refractivity contribution >= 4 is 55.8 Å². The van der Waals surface area contributed by atoms with E-state index in [4.69, 9.17) is 25.8 Å². The molecule has 0 unspecified atom stereocenters. The number of hydrogen-bond acceptors (Lipinski definition) is 8. The molecule has 17 heteroatoms. The number of aliphatic carboxylic acids is 1. The molecule has 2 amide bonds. The van der Waals surface area contributed by atoms with Crippen LogP contribution in [0.25, 0.3) is 10.8 Å². The van der Waals surface area contributed by atoms with Gasteiger partial charge in [0.15, 0.2) is 0 Å². The van der Waals surface area contributed by atoms with E-state index in [0.717, 1.165) is 20.8 Å². The van der Waals surface area contributed by atoms with Crippen LogP contribution in [0.3, 0.4) is 0 Å². The second kappa shape index (κ2) is 16.1. The van der Waals surface area contributed by atoms with E-state index in [1.807, 2.05) is 41.8 Å². The first kappa shape index (κ1) is 37.8. The number of hydrogen-bond donors (Lipinski definition) is 4. The number of fused-ring (bicyclic) bond motifs is 1. The molecule has 0 bridgehead atoms. The van der Waals surface area contributed by atoms with Crippen molar-refractivity contribution in [3.8, 4) is 5.75 Å². The van der Waals surface area contributed by atoms with E-state index in [1.54, 1.807) is 35.2 Å². The van der Waals surface area contributed by atoms with Crippen LogP contribution in [0.4, 0.5) is 13.2 Å². The molecule has 1 saturated heterocycles. The largest absolute Gasteiger partial charge is 0.497 e. The maximum absolute atomic E-state index is 14.1. The number of likely N-dealkylation sites (tertiary alicyclic amines) is 1. The maximum atomic E-state index is 14.1. The van der Waals surface area contributed by atoms with Crippen LogP contribution in [0.1, 0.15) is 22.4 Å². The highest BCUT2D eigenvalue weighted by Gasteiger charge is 2.43. The number of nitrogen functional groups attached to an aromatic ring is 1. The number of nitrogens with one attached hydrogen (secondary N) is 2. The lowest BCUT2D eigenvalue weighted by atomic mass is 10.1. The molecule has 266 valence electrons. The molecule has 50 heavy (non-hydrogen) atoms. The van der Waals surface area contributed by atoms with Crippen molar-refractivity contribution in [2.75, 3.05) is 26.7 Å². The SMILES string of the molecule is COc1ccc2ccc(S(=O)(=O)N(CC(=O)NCCc3ccccc3)[C@H]3CCN(Cc4csc(C(=N)N)c4)C3=O)cc2c1.O=C(O)C(F)(F)F. The van der Waals surface area contributed by atoms with Crippen molar-refractivity contribution in [2.45, 2.75) is 36.5 Å². The van der Waals surface area contributed by atoms with Crippen molar-refractivity contribution in [1.82, 2.24) is 14.5 Å². The summed E-state index contributed by atoms with van der Waals surface area (Å²) in [7, 11) is -2.73. The number of carbonyl (C=O) groups excluding carboxylic acids is 2. The molecular weight excluding hydrogens is 700 g/mol. The van der Waals surface area contributed by atoms with Gasteiger partial charge in [-0.25, -0.2) is 13.2 Å². The van der Waals surface area contributed by atoms with Crippen LogP contribution in [-0.4, -0.2) is 85.3 Å². The standard InChI is InChI=1S/C31H33N5O5S2.C2HF3O2/c1-41-25-9-7-23-8-10-26(17-24(23)16-25)43(39,40)36(19-29(37)34-13-11-21-5-3-2-4-6-21)27-12-14-35(31(27)38)18-22-15-28(30(32)33)42-20-22;3-2(4,5)1(6)7/h2-10,15-17,20,27H,11-14,18-19H2,1H3,(H3,32,33)(H,34,37);(H,6,7)/t27-;/m0./s1. The van der Waals surface area contributed by atoms with Crippen LogP contribution in [0.15, 0.2) is 83.1 Å². The lowest BCUT2D eigenvalue weighted by Gasteiger charge is -2.27. The summed E-state index contributed by atoms with van der Waals surface area (Å²) < 4.78 is 66.4. The third-order valence-corrected chi connectivity index (χ3v) is 10.5. The minimum atomic E-state index is -5.08. The fraction of sp³-hybridized carbons (Fsp3) is 0.273. The van der Waals surface area contributed by atoms with Crippen molar-refractivity contribution in [2.24, 2.45) is 5.73 Å². The van der Waals surface area contributed by atoms with E-state index in [1.165, 1.54) is 24.5 Å². The number of rotatable bonds is 12. The van der Waals surface area contributed by atoms with Crippen LogP contribution in [-0.2, 0) is 37.4 Å². The predicted octanol–water partition coefficient (Wildman–Crippen LogP) is 3.98. The van der Waals surface area contributed by atoms with Crippen molar-refractivity contribution in [3.05, 3.63) is 94.2 Å². The van der Waals surface area contributed by atoms with Gasteiger partial charge in [-0.15, -0.1) is 11.3 Å². The molecule has 1 aliphatic rings. The van der Waals surface area contributed by atoms with Gasteiger partial charge in [0.25, 0.3) is 0 Å². The van der Waals surface area contributed by atoms with Crippen LogP contribution in [0, 0.1) is 5.41 Å². The van der Waals surface area contributed by atoms with E-state index in [0.29, 0.717) is 35.5 Å². The summed E-state index contributed by atoms with van der Waals surface area (Å²) in [6, 6.07) is 20.5. The Morgan fingerprint density at radius 3 is 2.38 bits per heavy atom. The van der Waals surface area contributed by atoms with Gasteiger partial charge in [-0.05, 0) is 70.5 Å². The molecule has 0 aliphatic carbocycles. The molecule has 1 atom stereocenters. The van der Waals surface area contributed by atoms with Gasteiger partial charge in [-0.2, -0.15) is 17.5 Å². The number of nitrogens with two attached hydrogens (primary N) is 1. The number of methoxy groups -OCH3 is 1. The van der Waals surface area contributed by atoms with Crippen LogP contribution >= 0.6 is 11.3 Å². The molecule has 0 saturated carbocycles. The number of halogens is 3. The molecule has 12 nitrogen and oxygen atoms in total. The minimum absolute atomic E-state index is 0.0134. The summed E-state index contributed by atoms with van der Waals surface area (Å²) in [5, 5.41) is 20.9. The van der Waals surface area contributed by atoms with Gasteiger partial charge in [-0.1, -0.05) is 42.5 Å². The summed E-state index contributed by atoms with van der Waals surface area (Å²) in [6.45, 7) is 0.412. The van der Waals surface area contributed by atoms with E-state index >= 15 is 0 Å². The molecule has 1 aromatic heterocycles. The Bertz CT molecular complexity index is 1970. The molecule has 0 radical (unpaired) electrons. The summed E-state index contributed by atoms with van der Waals surface area (Å²) in [5.74, 6) is -3.09. The average Bonchev–Trinajstić information content (AvgIpc) is 3.70. The van der Waals surface area contributed by atoms with Gasteiger partial charge < -0.3 is 25.8 Å². The monoisotopic (exact) mass is 733 g/mol. The van der Waals surface area contributed by atoms with E-state index in [9.17, 15) is 31.2 Å². The first-order valence-corrected chi connectivity index (χ1v) is 17.3. The fourth-order valence-electron chi connectivity index (χ4n) is 5.14. The lowest BCUT2D eigenvalue weighted by Crippen LogP contribution is -2.49. The van der Waals surface area contributed by atoms with Gasteiger partial charge in [-0.3, -0.25) is 15.0 Å². The van der Waals surface area contributed by atoms with Gasteiger partial charge in [0, 0.05) is 19.6 Å². The molecule has 0 spiro atoms. The number of alkyl halides is 3. The first-order valence-electron chi connectivity index (χ1n) is 15.0. The number of amides is 2. The summed E-state index contributed by atoms with van der Waals surface area (Å²) in [5.41, 5.74) is 7.44. The molecular formula is C33H34F3N5O7S2. The number of benzene rings is 3. The Morgan fingerprint density at radius 2 is 1.76 bits per heavy atom. The predicted molar refractivity (Wildman–Crippen MR) is 180 cm³/mol. The average molecular weight is 734 g/mol. The van der Waals surface area contributed by atoms with E-state index < -0.39 is 40.7 Å². The second-order valence-corrected chi connectivity index (χ2v) is 13.9. The van der Waals surface area contributed by atoms with Crippen molar-refractivity contribution in [1.29, 1.82) is 5.41 Å². The third-order valence-electron chi connectivity index (χ3n) is 7.66. The number of amidine groups is 1.